The van der Waals surface area contributed by atoms with Gasteiger partial charge in [0.1, 0.15) is 11.3 Å². The molecule has 0 aliphatic carbocycles. The predicted octanol–water partition coefficient (Wildman–Crippen LogP) is 3.03. The van der Waals surface area contributed by atoms with Crippen molar-refractivity contribution in [1.29, 1.82) is 0 Å². The number of carbonyl (C=O) groups excluding carboxylic acids is 1. The van der Waals surface area contributed by atoms with Crippen LogP contribution in [0.5, 0.6) is 0 Å². The lowest BCUT2D eigenvalue weighted by molar-refractivity contribution is 0.0858. The molecule has 134 valence electrons. The van der Waals surface area contributed by atoms with Crippen LogP contribution in [0.15, 0.2) is 42.6 Å². The van der Waals surface area contributed by atoms with E-state index in [0.29, 0.717) is 12.1 Å². The van der Waals surface area contributed by atoms with Gasteiger partial charge in [0.2, 0.25) is 0 Å². The van der Waals surface area contributed by atoms with Gasteiger partial charge in [0, 0.05) is 37.0 Å². The lowest BCUT2D eigenvalue weighted by atomic mass is 10.1. The molecule has 1 amide bonds. The van der Waals surface area contributed by atoms with E-state index in [4.69, 9.17) is 9.72 Å². The number of fused-ring (bicyclic) bond motifs is 1. The van der Waals surface area contributed by atoms with Gasteiger partial charge >= 0.3 is 0 Å². The van der Waals surface area contributed by atoms with E-state index in [2.05, 4.69) is 21.8 Å². The van der Waals surface area contributed by atoms with Crippen LogP contribution in [0.3, 0.4) is 0 Å². The second-order valence-corrected chi connectivity index (χ2v) is 6.45. The molecule has 1 atom stereocenters. The van der Waals surface area contributed by atoms with E-state index in [1.807, 2.05) is 36.4 Å². The van der Waals surface area contributed by atoms with Gasteiger partial charge in [0.05, 0.1) is 6.10 Å². The number of ether oxygens (including phenoxy) is 1. The Morgan fingerprint density at radius 3 is 3.08 bits per heavy atom. The summed E-state index contributed by atoms with van der Waals surface area (Å²) in [5, 5.41) is 2.97. The minimum Gasteiger partial charge on any atom is -0.376 e. The molecule has 0 bridgehead atoms. The van der Waals surface area contributed by atoms with Crippen molar-refractivity contribution in [3.05, 3.63) is 48.2 Å². The van der Waals surface area contributed by atoms with Crippen LogP contribution in [0.4, 0.5) is 0 Å². The van der Waals surface area contributed by atoms with Crippen LogP contribution in [0, 0.1) is 0 Å². The second kappa shape index (κ2) is 7.25. The number of aromatic nitrogens is 3. The molecule has 26 heavy (non-hydrogen) atoms. The highest BCUT2D eigenvalue weighted by atomic mass is 16.5. The number of nitrogens with one attached hydrogen (secondary N) is 1. The average molecular weight is 350 g/mol. The van der Waals surface area contributed by atoms with E-state index >= 15 is 0 Å². The number of carbonyl (C=O) groups is 1. The molecule has 1 aliphatic rings. The van der Waals surface area contributed by atoms with Crippen LogP contribution < -0.4 is 5.32 Å². The van der Waals surface area contributed by atoms with Crippen molar-refractivity contribution in [1.82, 2.24) is 19.9 Å². The first kappa shape index (κ1) is 16.7. The molecule has 2 aromatic heterocycles. The minimum absolute atomic E-state index is 0.0837. The Labute approximate surface area is 152 Å². The molecule has 6 heteroatoms. The summed E-state index contributed by atoms with van der Waals surface area (Å²) in [7, 11) is 0. The van der Waals surface area contributed by atoms with Crippen molar-refractivity contribution in [2.45, 2.75) is 32.4 Å². The molecule has 4 rings (SSSR count). The molecular weight excluding hydrogens is 328 g/mol. The van der Waals surface area contributed by atoms with Crippen molar-refractivity contribution >= 4 is 17.1 Å². The van der Waals surface area contributed by atoms with Gasteiger partial charge in [-0.15, -0.1) is 0 Å². The van der Waals surface area contributed by atoms with E-state index in [-0.39, 0.29) is 12.0 Å². The first-order valence-corrected chi connectivity index (χ1v) is 9.07. The van der Waals surface area contributed by atoms with Crippen molar-refractivity contribution in [2.24, 2.45) is 0 Å². The van der Waals surface area contributed by atoms with E-state index in [1.165, 1.54) is 0 Å². The maximum absolute atomic E-state index is 12.5. The molecule has 1 fully saturated rings. The summed E-state index contributed by atoms with van der Waals surface area (Å²) in [6.07, 6.45) is 3.98. The number of benzene rings is 1. The molecular formula is C20H22N4O2. The van der Waals surface area contributed by atoms with E-state index in [1.54, 1.807) is 6.20 Å². The molecule has 3 aromatic rings. The second-order valence-electron chi connectivity index (χ2n) is 6.45. The maximum atomic E-state index is 12.5. The molecule has 6 nitrogen and oxygen atoms in total. The highest BCUT2D eigenvalue weighted by Crippen LogP contribution is 2.24. The molecule has 0 saturated carbocycles. The van der Waals surface area contributed by atoms with Gasteiger partial charge in [-0.3, -0.25) is 4.79 Å². The molecule has 1 N–H and O–H groups in total. The lowest BCUT2D eigenvalue weighted by Gasteiger charge is -2.11. The zero-order valence-electron chi connectivity index (χ0n) is 14.8. The smallest absolute Gasteiger partial charge is 0.251 e. The number of hydrogen-bond acceptors (Lipinski definition) is 4. The topological polar surface area (TPSA) is 69.0 Å². The molecule has 1 saturated heterocycles. The number of amides is 1. The third-order valence-electron chi connectivity index (χ3n) is 4.72. The summed E-state index contributed by atoms with van der Waals surface area (Å²) in [5.41, 5.74) is 3.26. The predicted molar refractivity (Wildman–Crippen MR) is 99.9 cm³/mol. The van der Waals surface area contributed by atoms with Crippen molar-refractivity contribution < 1.29 is 9.53 Å². The van der Waals surface area contributed by atoms with E-state index in [9.17, 15) is 4.79 Å². The third-order valence-corrected chi connectivity index (χ3v) is 4.72. The van der Waals surface area contributed by atoms with E-state index < -0.39 is 0 Å². The molecule has 0 spiro atoms. The lowest BCUT2D eigenvalue weighted by Crippen LogP contribution is -2.31. The molecule has 1 aromatic carbocycles. The van der Waals surface area contributed by atoms with Crippen LogP contribution in [0.2, 0.25) is 0 Å². The van der Waals surface area contributed by atoms with Gasteiger partial charge in [0.25, 0.3) is 5.91 Å². The number of imidazole rings is 1. The van der Waals surface area contributed by atoms with Crippen LogP contribution in [0.25, 0.3) is 22.6 Å². The highest BCUT2D eigenvalue weighted by Gasteiger charge is 2.18. The first-order valence-electron chi connectivity index (χ1n) is 9.07. The standard InChI is InChI=1S/C20H22N4O2/c1-2-24-18(23-17-9-4-10-21-19(17)24)14-6-3-7-15(12-14)20(25)22-13-16-8-5-11-26-16/h3-4,6-7,9-10,12,16H,2,5,8,11,13H2,1H3,(H,22,25)/t16-/m0/s1. The Morgan fingerprint density at radius 2 is 2.27 bits per heavy atom. The average Bonchev–Trinajstić information content (AvgIpc) is 3.33. The molecule has 1 aliphatic heterocycles. The van der Waals surface area contributed by atoms with Gasteiger partial charge in [-0.05, 0) is 44.0 Å². The Balaban J connectivity index is 1.60. The number of hydrogen-bond donors (Lipinski definition) is 1. The van der Waals surface area contributed by atoms with Crippen LogP contribution in [-0.2, 0) is 11.3 Å². The van der Waals surface area contributed by atoms with Crippen LogP contribution in [-0.4, -0.2) is 39.7 Å². The molecule has 0 radical (unpaired) electrons. The van der Waals surface area contributed by atoms with Gasteiger partial charge < -0.3 is 14.6 Å². The normalized spacial score (nSPS) is 16.9. The zero-order valence-corrected chi connectivity index (χ0v) is 14.8. The minimum atomic E-state index is -0.0837. The zero-order chi connectivity index (χ0) is 17.9. The number of rotatable bonds is 5. The van der Waals surface area contributed by atoms with Crippen LogP contribution in [0.1, 0.15) is 30.1 Å². The summed E-state index contributed by atoms with van der Waals surface area (Å²) < 4.78 is 7.63. The van der Waals surface area contributed by atoms with Crippen molar-refractivity contribution in [2.75, 3.05) is 13.2 Å². The summed E-state index contributed by atoms with van der Waals surface area (Å²) in [6.45, 7) is 4.17. The summed E-state index contributed by atoms with van der Waals surface area (Å²) >= 11 is 0. The Bertz CT molecular complexity index is 928. The fraction of sp³-hybridized carbons (Fsp3) is 0.350. The summed E-state index contributed by atoms with van der Waals surface area (Å²) in [6, 6.07) is 11.4. The van der Waals surface area contributed by atoms with Gasteiger partial charge in [-0.1, -0.05) is 12.1 Å². The number of nitrogens with zero attached hydrogens (tertiary/aromatic N) is 3. The molecule has 0 unspecified atom stereocenters. The Morgan fingerprint density at radius 1 is 1.35 bits per heavy atom. The fourth-order valence-corrected chi connectivity index (χ4v) is 3.39. The third kappa shape index (κ3) is 3.20. The van der Waals surface area contributed by atoms with Gasteiger partial charge in [-0.2, -0.15) is 0 Å². The van der Waals surface area contributed by atoms with Crippen molar-refractivity contribution in [3.8, 4) is 11.4 Å². The van der Waals surface area contributed by atoms with Crippen LogP contribution >= 0.6 is 0 Å². The maximum Gasteiger partial charge on any atom is 0.251 e. The largest absolute Gasteiger partial charge is 0.376 e. The Kier molecular flexibility index (Phi) is 4.67. The molecule has 3 heterocycles. The number of pyridine rings is 1. The first-order chi connectivity index (χ1) is 12.8. The quantitative estimate of drug-likeness (QED) is 0.768. The SMILES string of the molecule is CCn1c(-c2cccc(C(=O)NC[C@@H]3CCCO3)c2)nc2cccnc21. The number of aryl methyl sites for hydroxylation is 1. The monoisotopic (exact) mass is 350 g/mol. The van der Waals surface area contributed by atoms with E-state index in [0.717, 1.165) is 48.5 Å². The highest BCUT2D eigenvalue weighted by molar-refractivity contribution is 5.95. The fourth-order valence-electron chi connectivity index (χ4n) is 3.39. The summed E-state index contributed by atoms with van der Waals surface area (Å²) in [4.78, 5) is 21.7. The summed E-state index contributed by atoms with van der Waals surface area (Å²) in [5.74, 6) is 0.745. The van der Waals surface area contributed by atoms with Gasteiger partial charge in [-0.25, -0.2) is 9.97 Å². The Hall–Kier alpha value is -2.73. The van der Waals surface area contributed by atoms with Gasteiger partial charge in [0.15, 0.2) is 5.65 Å². The van der Waals surface area contributed by atoms with Crippen molar-refractivity contribution in [3.63, 3.8) is 0 Å².